The summed E-state index contributed by atoms with van der Waals surface area (Å²) in [5, 5.41) is 21.1. The van der Waals surface area contributed by atoms with Crippen molar-refractivity contribution in [3.63, 3.8) is 0 Å². The first-order valence-electron chi connectivity index (χ1n) is 7.45. The van der Waals surface area contributed by atoms with Crippen LogP contribution in [0.4, 0.5) is 0 Å². The van der Waals surface area contributed by atoms with Gasteiger partial charge in [-0.3, -0.25) is 4.79 Å². The number of rotatable bonds is 3. The normalized spacial score (nSPS) is 26.4. The summed E-state index contributed by atoms with van der Waals surface area (Å²) in [4.78, 5) is 19.4. The van der Waals surface area contributed by atoms with Crippen LogP contribution in [0.3, 0.4) is 0 Å². The second kappa shape index (κ2) is 6.85. The minimum absolute atomic E-state index is 0.0279. The number of aryl methyl sites for hydroxylation is 2. The van der Waals surface area contributed by atoms with Gasteiger partial charge in [-0.05, 0) is 26.7 Å². The molecule has 0 saturated heterocycles. The van der Waals surface area contributed by atoms with Crippen LogP contribution >= 0.6 is 11.3 Å². The number of nitrogens with zero attached hydrogens (tertiary/aromatic N) is 2. The molecule has 0 spiro atoms. The summed E-state index contributed by atoms with van der Waals surface area (Å²) in [7, 11) is 1.72. The third-order valence-corrected chi connectivity index (χ3v) is 5.31. The van der Waals surface area contributed by atoms with E-state index < -0.39 is 12.2 Å². The number of thiazole rings is 1. The molecule has 0 bridgehead atoms. The molecule has 0 aromatic carbocycles. The van der Waals surface area contributed by atoms with Crippen LogP contribution in [0.25, 0.3) is 0 Å². The molecule has 1 aliphatic rings. The third-order valence-electron chi connectivity index (χ3n) is 4.24. The van der Waals surface area contributed by atoms with E-state index >= 15 is 0 Å². The monoisotopic (exact) mass is 312 g/mol. The number of amides is 1. The molecule has 1 saturated carbocycles. The number of hydrogen-bond acceptors (Lipinski definition) is 5. The van der Waals surface area contributed by atoms with E-state index in [-0.39, 0.29) is 11.9 Å². The van der Waals surface area contributed by atoms with Gasteiger partial charge in [0.25, 0.3) is 0 Å². The first-order valence-corrected chi connectivity index (χ1v) is 8.26. The van der Waals surface area contributed by atoms with E-state index in [1.807, 2.05) is 13.8 Å². The number of aromatic nitrogens is 1. The van der Waals surface area contributed by atoms with Gasteiger partial charge in [-0.15, -0.1) is 11.3 Å². The van der Waals surface area contributed by atoms with Crippen molar-refractivity contribution in [1.82, 2.24) is 9.88 Å². The quantitative estimate of drug-likeness (QED) is 0.828. The lowest BCUT2D eigenvalue weighted by Crippen LogP contribution is -2.48. The molecule has 2 rings (SSSR count). The predicted octanol–water partition coefficient (Wildman–Crippen LogP) is 1.43. The Labute approximate surface area is 129 Å². The summed E-state index contributed by atoms with van der Waals surface area (Å²) < 4.78 is 0. The van der Waals surface area contributed by atoms with Gasteiger partial charge in [0.1, 0.15) is 6.10 Å². The Morgan fingerprint density at radius 2 is 2.00 bits per heavy atom. The molecule has 1 amide bonds. The van der Waals surface area contributed by atoms with E-state index in [2.05, 4.69) is 4.98 Å². The van der Waals surface area contributed by atoms with Crippen LogP contribution in [-0.2, 0) is 11.2 Å². The lowest BCUT2D eigenvalue weighted by molar-refractivity contribution is -0.135. The highest BCUT2D eigenvalue weighted by molar-refractivity contribution is 7.11. The molecular formula is C15H24N2O3S. The lowest BCUT2D eigenvalue weighted by Gasteiger charge is -2.32. The Morgan fingerprint density at radius 3 is 2.62 bits per heavy atom. The summed E-state index contributed by atoms with van der Waals surface area (Å²) in [5.41, 5.74) is 0.903. The maximum atomic E-state index is 12.4. The smallest absolute Gasteiger partial charge is 0.227 e. The van der Waals surface area contributed by atoms with Crippen molar-refractivity contribution in [3.05, 3.63) is 15.6 Å². The van der Waals surface area contributed by atoms with E-state index in [1.165, 1.54) is 0 Å². The molecule has 2 N–H and O–H groups in total. The van der Waals surface area contributed by atoms with Crippen molar-refractivity contribution in [1.29, 1.82) is 0 Å². The van der Waals surface area contributed by atoms with E-state index in [0.717, 1.165) is 34.8 Å². The lowest BCUT2D eigenvalue weighted by atomic mass is 10.0. The van der Waals surface area contributed by atoms with Crippen LogP contribution in [0.15, 0.2) is 0 Å². The maximum Gasteiger partial charge on any atom is 0.227 e. The molecule has 0 aliphatic heterocycles. The van der Waals surface area contributed by atoms with Crippen LogP contribution in [-0.4, -0.2) is 51.3 Å². The largest absolute Gasteiger partial charge is 0.390 e. The fourth-order valence-electron chi connectivity index (χ4n) is 2.91. The zero-order valence-corrected chi connectivity index (χ0v) is 13.7. The van der Waals surface area contributed by atoms with E-state index in [4.69, 9.17) is 0 Å². The van der Waals surface area contributed by atoms with Crippen molar-refractivity contribution in [3.8, 4) is 0 Å². The number of likely N-dealkylation sites (N-methyl/N-ethyl adjacent to an activating group) is 1. The van der Waals surface area contributed by atoms with Crippen molar-refractivity contribution in [2.45, 2.75) is 64.2 Å². The summed E-state index contributed by atoms with van der Waals surface area (Å²) in [6.45, 7) is 3.84. The molecular weight excluding hydrogens is 288 g/mol. The fraction of sp³-hybridized carbons (Fsp3) is 0.733. The average molecular weight is 312 g/mol. The van der Waals surface area contributed by atoms with Gasteiger partial charge in [0, 0.05) is 11.9 Å². The predicted molar refractivity (Wildman–Crippen MR) is 82.3 cm³/mol. The van der Waals surface area contributed by atoms with E-state index in [0.29, 0.717) is 12.8 Å². The Hall–Kier alpha value is -0.980. The molecule has 21 heavy (non-hydrogen) atoms. The van der Waals surface area contributed by atoms with Crippen molar-refractivity contribution >= 4 is 17.2 Å². The molecule has 3 atom stereocenters. The molecule has 0 radical (unpaired) electrons. The Bertz CT molecular complexity index is 503. The van der Waals surface area contributed by atoms with Gasteiger partial charge in [0.05, 0.1) is 29.3 Å². The molecule has 1 aromatic heterocycles. The SMILES string of the molecule is Cc1nc(C)c(CC(=O)N(C)[C@@H]2CCCC[C@@H](O)[C@@H]2O)s1. The maximum absolute atomic E-state index is 12.4. The average Bonchev–Trinajstić information content (AvgIpc) is 2.64. The Morgan fingerprint density at radius 1 is 1.33 bits per heavy atom. The Balaban J connectivity index is 2.05. The molecule has 1 heterocycles. The number of carbonyl (C=O) groups excluding carboxylic acids is 1. The molecule has 1 aliphatic carbocycles. The number of aliphatic hydroxyl groups is 2. The van der Waals surface area contributed by atoms with Crippen LogP contribution in [0.1, 0.15) is 41.3 Å². The first kappa shape index (κ1) is 16.4. The number of carbonyl (C=O) groups is 1. The number of hydrogen-bond donors (Lipinski definition) is 2. The van der Waals surface area contributed by atoms with Crippen LogP contribution in [0.2, 0.25) is 0 Å². The van der Waals surface area contributed by atoms with Gasteiger partial charge < -0.3 is 15.1 Å². The fourth-order valence-corrected chi connectivity index (χ4v) is 3.84. The van der Waals surface area contributed by atoms with Crippen LogP contribution in [0, 0.1) is 13.8 Å². The van der Waals surface area contributed by atoms with Crippen LogP contribution < -0.4 is 0 Å². The molecule has 1 fully saturated rings. The highest BCUT2D eigenvalue weighted by atomic mass is 32.1. The molecule has 1 aromatic rings. The van der Waals surface area contributed by atoms with Crippen molar-refractivity contribution in [2.75, 3.05) is 7.05 Å². The van der Waals surface area contributed by atoms with Gasteiger partial charge >= 0.3 is 0 Å². The highest BCUT2D eigenvalue weighted by Gasteiger charge is 2.33. The molecule has 118 valence electrons. The minimum atomic E-state index is -0.856. The Kier molecular flexibility index (Phi) is 5.35. The molecule has 6 heteroatoms. The topological polar surface area (TPSA) is 73.7 Å². The van der Waals surface area contributed by atoms with E-state index in [9.17, 15) is 15.0 Å². The van der Waals surface area contributed by atoms with Gasteiger partial charge in [-0.2, -0.15) is 0 Å². The minimum Gasteiger partial charge on any atom is -0.390 e. The van der Waals surface area contributed by atoms with Gasteiger partial charge in [0.2, 0.25) is 5.91 Å². The van der Waals surface area contributed by atoms with Gasteiger partial charge in [-0.1, -0.05) is 12.8 Å². The number of aliphatic hydroxyl groups excluding tert-OH is 2. The zero-order valence-electron chi connectivity index (χ0n) is 12.9. The van der Waals surface area contributed by atoms with Crippen molar-refractivity contribution < 1.29 is 15.0 Å². The zero-order chi connectivity index (χ0) is 15.6. The summed E-state index contributed by atoms with van der Waals surface area (Å²) in [6.07, 6.45) is 1.88. The third kappa shape index (κ3) is 3.81. The molecule has 5 nitrogen and oxygen atoms in total. The van der Waals surface area contributed by atoms with Crippen molar-refractivity contribution in [2.24, 2.45) is 0 Å². The summed E-state index contributed by atoms with van der Waals surface area (Å²) in [5.74, 6) is -0.0279. The van der Waals surface area contributed by atoms with E-state index in [1.54, 1.807) is 23.3 Å². The van der Waals surface area contributed by atoms with Crippen LogP contribution in [0.5, 0.6) is 0 Å². The standard InChI is InChI=1S/C15H24N2O3S/c1-9-13(21-10(2)16-9)8-14(19)17(3)11-6-4-5-7-12(18)15(11)20/h11-12,15,18,20H,4-8H2,1-3H3/t11-,12-,15-/m1/s1. The summed E-state index contributed by atoms with van der Waals surface area (Å²) in [6, 6.07) is -0.302. The summed E-state index contributed by atoms with van der Waals surface area (Å²) >= 11 is 1.54. The second-order valence-electron chi connectivity index (χ2n) is 5.83. The molecule has 0 unspecified atom stereocenters. The van der Waals surface area contributed by atoms with Gasteiger partial charge in [0.15, 0.2) is 0 Å². The van der Waals surface area contributed by atoms with Gasteiger partial charge in [-0.25, -0.2) is 4.98 Å². The first-order chi connectivity index (χ1) is 9.90. The second-order valence-corrected chi connectivity index (χ2v) is 7.12. The highest BCUT2D eigenvalue weighted by Crippen LogP contribution is 2.24.